The molecule has 1 aliphatic rings. The third kappa shape index (κ3) is 4.17. The lowest BCUT2D eigenvalue weighted by molar-refractivity contribution is -0.125. The van der Waals surface area contributed by atoms with E-state index in [9.17, 15) is 4.79 Å². The zero-order valence-corrected chi connectivity index (χ0v) is 17.9. The van der Waals surface area contributed by atoms with Crippen molar-refractivity contribution < 1.29 is 13.9 Å². The second-order valence-electron chi connectivity index (χ2n) is 8.60. The smallest absolute Gasteiger partial charge is 0.246 e. The van der Waals surface area contributed by atoms with Crippen LogP contribution < -0.4 is 10.1 Å². The zero-order chi connectivity index (χ0) is 21.3. The molecule has 156 valence electrons. The summed E-state index contributed by atoms with van der Waals surface area (Å²) in [6.45, 7) is 8.13. The Hall–Kier alpha value is -3.28. The first-order chi connectivity index (χ1) is 14.3. The number of anilines is 1. The van der Waals surface area contributed by atoms with Gasteiger partial charge in [0, 0.05) is 42.2 Å². The monoisotopic (exact) mass is 405 g/mol. The highest BCUT2D eigenvalue weighted by molar-refractivity contribution is 5.91. The lowest BCUT2D eigenvalue weighted by Crippen LogP contribution is -2.27. The van der Waals surface area contributed by atoms with Gasteiger partial charge >= 0.3 is 0 Å². The summed E-state index contributed by atoms with van der Waals surface area (Å²) in [6.07, 6.45) is 5.05. The van der Waals surface area contributed by atoms with Crippen molar-refractivity contribution in [1.29, 1.82) is 0 Å². The van der Waals surface area contributed by atoms with E-state index in [0.29, 0.717) is 18.9 Å². The number of carbonyl (C=O) groups is 1. The topological polar surface area (TPSA) is 67.6 Å². The molecule has 2 aromatic heterocycles. The molecular formula is C24H27N3O3. The number of furan rings is 1. The van der Waals surface area contributed by atoms with Crippen LogP contribution in [0.1, 0.15) is 30.7 Å². The van der Waals surface area contributed by atoms with E-state index >= 15 is 0 Å². The van der Waals surface area contributed by atoms with Crippen molar-refractivity contribution >= 4 is 28.8 Å². The Balaban J connectivity index is 1.44. The van der Waals surface area contributed by atoms with Crippen molar-refractivity contribution in [2.75, 3.05) is 25.5 Å². The number of para-hydroxylation sites is 1. The van der Waals surface area contributed by atoms with Gasteiger partial charge in [0.2, 0.25) is 5.91 Å². The maximum Gasteiger partial charge on any atom is 0.246 e. The standard InChI is InChI=1S/C24H27N3O3/c1-16-18-7-5-6-8-19(18)30-21(16)13-27(4)22(28)10-9-17-11-20-23(25-12-17)26-14-24(2,3)15-29-20/h5-12H,13-15H2,1-4H3,(H,25,26)/b10-9+. The molecule has 0 fully saturated rings. The third-order valence-electron chi connectivity index (χ3n) is 5.34. The Kier molecular flexibility index (Phi) is 5.24. The van der Waals surface area contributed by atoms with Gasteiger partial charge in [0.15, 0.2) is 11.6 Å². The third-order valence-corrected chi connectivity index (χ3v) is 5.34. The summed E-state index contributed by atoms with van der Waals surface area (Å²) in [7, 11) is 1.77. The minimum atomic E-state index is -0.107. The van der Waals surface area contributed by atoms with Gasteiger partial charge in [0.25, 0.3) is 0 Å². The number of aromatic nitrogens is 1. The Labute approximate surface area is 176 Å². The number of ether oxygens (including phenoxy) is 1. The number of amides is 1. The number of fused-ring (bicyclic) bond motifs is 2. The first-order valence-corrected chi connectivity index (χ1v) is 10.1. The summed E-state index contributed by atoms with van der Waals surface area (Å²) >= 11 is 0. The number of rotatable bonds is 4. The number of nitrogens with zero attached hydrogens (tertiary/aromatic N) is 2. The van der Waals surface area contributed by atoms with Crippen molar-refractivity contribution in [2.24, 2.45) is 5.41 Å². The van der Waals surface area contributed by atoms with Crippen LogP contribution in [0, 0.1) is 12.3 Å². The second-order valence-corrected chi connectivity index (χ2v) is 8.60. The molecule has 6 nitrogen and oxygen atoms in total. The fourth-order valence-electron chi connectivity index (χ4n) is 3.40. The van der Waals surface area contributed by atoms with Crippen LogP contribution in [0.25, 0.3) is 17.0 Å². The molecule has 0 bridgehead atoms. The quantitative estimate of drug-likeness (QED) is 0.641. The van der Waals surface area contributed by atoms with E-state index < -0.39 is 0 Å². The summed E-state index contributed by atoms with van der Waals surface area (Å²) < 4.78 is 11.8. The van der Waals surface area contributed by atoms with Crippen LogP contribution >= 0.6 is 0 Å². The van der Waals surface area contributed by atoms with Crippen LogP contribution in [0.4, 0.5) is 5.82 Å². The van der Waals surface area contributed by atoms with Crippen LogP contribution in [-0.4, -0.2) is 36.0 Å². The molecule has 30 heavy (non-hydrogen) atoms. The van der Waals surface area contributed by atoms with Gasteiger partial charge in [-0.2, -0.15) is 0 Å². The summed E-state index contributed by atoms with van der Waals surface area (Å²) in [5.74, 6) is 2.14. The van der Waals surface area contributed by atoms with Crippen LogP contribution in [0.5, 0.6) is 5.75 Å². The van der Waals surface area contributed by atoms with Gasteiger partial charge < -0.3 is 19.4 Å². The van der Waals surface area contributed by atoms with E-state index in [2.05, 4.69) is 24.1 Å². The predicted molar refractivity (Wildman–Crippen MR) is 118 cm³/mol. The molecule has 0 radical (unpaired) electrons. The number of hydrogen-bond acceptors (Lipinski definition) is 5. The van der Waals surface area contributed by atoms with Crippen LogP contribution in [-0.2, 0) is 11.3 Å². The van der Waals surface area contributed by atoms with Gasteiger partial charge in [0.1, 0.15) is 11.3 Å². The Morgan fingerprint density at radius 3 is 2.93 bits per heavy atom. The predicted octanol–water partition coefficient (Wildman–Crippen LogP) is 4.64. The number of pyridine rings is 1. The van der Waals surface area contributed by atoms with Crippen molar-refractivity contribution in [3.05, 3.63) is 59.5 Å². The number of nitrogens with one attached hydrogen (secondary N) is 1. The van der Waals surface area contributed by atoms with Gasteiger partial charge in [-0.25, -0.2) is 4.98 Å². The lowest BCUT2D eigenvalue weighted by atomic mass is 9.95. The second kappa shape index (κ2) is 7.86. The number of aryl methyl sites for hydroxylation is 1. The molecular weight excluding hydrogens is 378 g/mol. The Bertz CT molecular complexity index is 1110. The Morgan fingerprint density at radius 1 is 1.33 bits per heavy atom. The van der Waals surface area contributed by atoms with Gasteiger partial charge in [-0.3, -0.25) is 4.79 Å². The first-order valence-electron chi connectivity index (χ1n) is 10.1. The normalized spacial score (nSPS) is 15.3. The van der Waals surface area contributed by atoms with E-state index in [4.69, 9.17) is 9.15 Å². The number of benzene rings is 1. The number of carbonyl (C=O) groups excluding carboxylic acids is 1. The van der Waals surface area contributed by atoms with Crippen molar-refractivity contribution in [3.8, 4) is 5.75 Å². The van der Waals surface area contributed by atoms with Crippen molar-refractivity contribution in [3.63, 3.8) is 0 Å². The molecule has 0 spiro atoms. The van der Waals surface area contributed by atoms with E-state index in [1.54, 1.807) is 30.3 Å². The fourth-order valence-corrected chi connectivity index (χ4v) is 3.40. The molecule has 1 N–H and O–H groups in total. The molecule has 1 aromatic carbocycles. The largest absolute Gasteiger partial charge is 0.489 e. The first kappa shape index (κ1) is 20.0. The summed E-state index contributed by atoms with van der Waals surface area (Å²) in [4.78, 5) is 18.7. The molecule has 0 saturated carbocycles. The van der Waals surface area contributed by atoms with Gasteiger partial charge in [0.05, 0.1) is 13.2 Å². The summed E-state index contributed by atoms with van der Waals surface area (Å²) in [6, 6.07) is 9.81. The molecule has 0 atom stereocenters. The van der Waals surface area contributed by atoms with Crippen LogP contribution in [0.3, 0.4) is 0 Å². The lowest BCUT2D eigenvalue weighted by Gasteiger charge is -2.20. The van der Waals surface area contributed by atoms with E-state index in [-0.39, 0.29) is 11.3 Å². The molecule has 6 heteroatoms. The molecule has 1 amide bonds. The highest BCUT2D eigenvalue weighted by Gasteiger charge is 2.24. The van der Waals surface area contributed by atoms with Gasteiger partial charge in [-0.15, -0.1) is 0 Å². The maximum absolute atomic E-state index is 12.6. The molecule has 0 aliphatic carbocycles. The number of hydrogen-bond donors (Lipinski definition) is 1. The van der Waals surface area contributed by atoms with Crippen LogP contribution in [0.15, 0.2) is 47.0 Å². The molecule has 3 aromatic rings. The van der Waals surface area contributed by atoms with Crippen molar-refractivity contribution in [1.82, 2.24) is 9.88 Å². The fraction of sp³-hybridized carbons (Fsp3) is 0.333. The van der Waals surface area contributed by atoms with Crippen LogP contribution in [0.2, 0.25) is 0 Å². The highest BCUT2D eigenvalue weighted by Crippen LogP contribution is 2.30. The Morgan fingerprint density at radius 2 is 2.13 bits per heavy atom. The molecule has 0 unspecified atom stereocenters. The maximum atomic E-state index is 12.6. The van der Waals surface area contributed by atoms with Gasteiger partial charge in [-0.05, 0) is 30.7 Å². The molecule has 1 aliphatic heterocycles. The minimum Gasteiger partial charge on any atom is -0.489 e. The van der Waals surface area contributed by atoms with E-state index in [1.807, 2.05) is 37.3 Å². The average molecular weight is 405 g/mol. The summed E-state index contributed by atoms with van der Waals surface area (Å²) in [5.41, 5.74) is 2.76. The van der Waals surface area contributed by atoms with Crippen molar-refractivity contribution in [2.45, 2.75) is 27.3 Å². The van der Waals surface area contributed by atoms with Gasteiger partial charge in [-0.1, -0.05) is 32.0 Å². The average Bonchev–Trinajstić information content (AvgIpc) is 2.95. The molecule has 4 rings (SSSR count). The molecule has 0 saturated heterocycles. The number of likely N-dealkylation sites (N-methyl/N-ethyl adjacent to an activating group) is 1. The molecule has 3 heterocycles. The van der Waals surface area contributed by atoms with E-state index in [1.165, 1.54) is 0 Å². The highest BCUT2D eigenvalue weighted by atomic mass is 16.5. The minimum absolute atomic E-state index is 0.0319. The summed E-state index contributed by atoms with van der Waals surface area (Å²) in [5, 5.41) is 4.40. The SMILES string of the molecule is Cc1c(CN(C)C(=O)/C=C/c2cnc3c(c2)OCC(C)(C)CN3)oc2ccccc12. The van der Waals surface area contributed by atoms with E-state index in [0.717, 1.165) is 40.2 Å². The zero-order valence-electron chi connectivity index (χ0n) is 17.9.